The molecule has 10 nitrogen and oxygen atoms in total. The Balaban J connectivity index is 1.68. The molecule has 1 amide bonds. The van der Waals surface area contributed by atoms with Crippen molar-refractivity contribution in [1.82, 2.24) is 25.0 Å². The molecule has 0 aliphatic carbocycles. The van der Waals surface area contributed by atoms with E-state index in [0.717, 1.165) is 6.20 Å². The van der Waals surface area contributed by atoms with Crippen LogP contribution in [0.15, 0.2) is 29.5 Å². The van der Waals surface area contributed by atoms with Gasteiger partial charge in [0.05, 0.1) is 37.0 Å². The Bertz CT molecular complexity index is 1050. The van der Waals surface area contributed by atoms with Crippen LogP contribution in [0.5, 0.6) is 0 Å². The van der Waals surface area contributed by atoms with E-state index in [1.54, 1.807) is 39.9 Å². The number of aromatic nitrogens is 3. The topological polar surface area (TPSA) is 121 Å². The molecule has 1 aliphatic rings. The molecule has 2 aromatic rings. The summed E-state index contributed by atoms with van der Waals surface area (Å²) in [6.07, 6.45) is -0.613. The van der Waals surface area contributed by atoms with E-state index in [2.05, 4.69) is 15.7 Å². The Hall–Kier alpha value is -3.35. The Morgan fingerprint density at radius 1 is 1.39 bits per heavy atom. The fraction of sp³-hybridized carbons (Fsp3) is 0.500. The lowest BCUT2D eigenvalue weighted by Gasteiger charge is -2.35. The first kappa shape index (κ1) is 24.3. The molecule has 2 aromatic heterocycles. The zero-order chi connectivity index (χ0) is 24.2. The number of hydrogen-bond acceptors (Lipinski definition) is 7. The maximum Gasteiger partial charge on any atom is 0.423 e. The minimum Gasteiger partial charge on any atom is -0.469 e. The number of methoxy groups -OCH3 is 1. The normalized spacial score (nSPS) is 17.5. The van der Waals surface area contributed by atoms with Crippen molar-refractivity contribution in [2.24, 2.45) is 0 Å². The second kappa shape index (κ2) is 10.1. The number of halogens is 3. The van der Waals surface area contributed by atoms with Crippen LogP contribution >= 0.6 is 0 Å². The van der Waals surface area contributed by atoms with Crippen molar-refractivity contribution in [3.05, 3.63) is 46.1 Å². The van der Waals surface area contributed by atoms with Gasteiger partial charge in [-0.15, -0.1) is 0 Å². The second-order valence-electron chi connectivity index (χ2n) is 7.76. The number of nitrogens with one attached hydrogen (secondary N) is 3. The van der Waals surface area contributed by atoms with Gasteiger partial charge in [0.15, 0.2) is 0 Å². The van der Waals surface area contributed by atoms with Gasteiger partial charge in [-0.05, 0) is 13.0 Å². The van der Waals surface area contributed by atoms with Crippen LogP contribution in [0.2, 0.25) is 0 Å². The second-order valence-corrected chi connectivity index (χ2v) is 7.76. The minimum atomic E-state index is -4.84. The molecule has 3 rings (SSSR count). The maximum absolute atomic E-state index is 13.2. The van der Waals surface area contributed by atoms with Gasteiger partial charge in [-0.25, -0.2) is 5.10 Å². The van der Waals surface area contributed by atoms with Crippen LogP contribution in [-0.2, 0) is 22.3 Å². The van der Waals surface area contributed by atoms with Crippen molar-refractivity contribution in [3.63, 3.8) is 0 Å². The zero-order valence-electron chi connectivity index (χ0n) is 18.1. The lowest BCUT2D eigenvalue weighted by molar-refractivity contribution is -0.142. The van der Waals surface area contributed by atoms with Gasteiger partial charge in [-0.2, -0.15) is 18.3 Å². The monoisotopic (exact) mass is 470 g/mol. The molecule has 3 heterocycles. The number of amides is 1. The van der Waals surface area contributed by atoms with Crippen LogP contribution in [-0.4, -0.2) is 70.4 Å². The molecule has 3 N–H and O–H groups in total. The molecule has 0 aromatic carbocycles. The number of carbonyl (C=O) groups excluding carboxylic acids is 2. The van der Waals surface area contributed by atoms with Gasteiger partial charge >= 0.3 is 12.1 Å². The van der Waals surface area contributed by atoms with Crippen LogP contribution in [0.4, 0.5) is 18.9 Å². The largest absolute Gasteiger partial charge is 0.469 e. The van der Waals surface area contributed by atoms with E-state index < -0.39 is 35.0 Å². The molecule has 0 radical (unpaired) electrons. The van der Waals surface area contributed by atoms with Crippen molar-refractivity contribution in [2.45, 2.75) is 38.1 Å². The van der Waals surface area contributed by atoms with Gasteiger partial charge in [0, 0.05) is 44.6 Å². The summed E-state index contributed by atoms with van der Waals surface area (Å²) in [5.41, 5.74) is -2.70. The summed E-state index contributed by atoms with van der Waals surface area (Å²) in [6.45, 7) is 3.36. The summed E-state index contributed by atoms with van der Waals surface area (Å²) in [5, 5.41) is 11.0. The summed E-state index contributed by atoms with van der Waals surface area (Å²) in [6, 6.07) is 0.755. The number of nitrogens with zero attached hydrogens (tertiary/aromatic N) is 3. The number of piperazine rings is 1. The molecule has 33 heavy (non-hydrogen) atoms. The summed E-state index contributed by atoms with van der Waals surface area (Å²) in [7, 11) is 1.29. The number of aromatic amines is 1. The van der Waals surface area contributed by atoms with Gasteiger partial charge in [-0.3, -0.25) is 14.4 Å². The average Bonchev–Trinajstić information content (AvgIpc) is 3.20. The molecular weight excluding hydrogens is 445 g/mol. The third kappa shape index (κ3) is 5.92. The molecule has 180 valence electrons. The highest BCUT2D eigenvalue weighted by Crippen LogP contribution is 2.31. The minimum absolute atomic E-state index is 0.0721. The molecule has 2 atom stereocenters. The van der Waals surface area contributed by atoms with E-state index in [1.165, 1.54) is 7.11 Å². The van der Waals surface area contributed by atoms with Crippen LogP contribution in [0.1, 0.15) is 29.3 Å². The highest BCUT2D eigenvalue weighted by molar-refractivity contribution is 5.94. The van der Waals surface area contributed by atoms with E-state index in [9.17, 15) is 27.6 Å². The Kier molecular flexibility index (Phi) is 7.41. The highest BCUT2D eigenvalue weighted by Gasteiger charge is 2.37. The van der Waals surface area contributed by atoms with Crippen molar-refractivity contribution >= 4 is 17.6 Å². The number of esters is 1. The predicted molar refractivity (Wildman–Crippen MR) is 112 cm³/mol. The molecule has 0 saturated carbocycles. The van der Waals surface area contributed by atoms with Crippen LogP contribution in [0, 0.1) is 0 Å². The summed E-state index contributed by atoms with van der Waals surface area (Å²) < 4.78 is 46.0. The lowest BCUT2D eigenvalue weighted by Crippen LogP contribution is -2.54. The number of rotatable bonds is 7. The zero-order valence-corrected chi connectivity index (χ0v) is 18.1. The molecule has 0 bridgehead atoms. The van der Waals surface area contributed by atoms with Crippen LogP contribution in [0.25, 0.3) is 0 Å². The summed E-state index contributed by atoms with van der Waals surface area (Å²) in [5.74, 6) is -0.658. The predicted octanol–water partition coefficient (Wildman–Crippen LogP) is 1.07. The molecule has 2 unspecified atom stereocenters. The Morgan fingerprint density at radius 2 is 2.15 bits per heavy atom. The number of alkyl halides is 3. The number of carbonyl (C=O) groups is 2. The van der Waals surface area contributed by atoms with E-state index in [4.69, 9.17) is 4.74 Å². The van der Waals surface area contributed by atoms with Crippen molar-refractivity contribution in [3.8, 4) is 0 Å². The third-order valence-electron chi connectivity index (χ3n) is 5.26. The molecule has 1 fully saturated rings. The standard InChI is InChI=1S/C20H25F3N6O4/c1-12(26-15-9-25-27-18(31)17(15)20(21,22)23)10-28-5-3-13(11-28)19(32)29-6-4-24-8-14(29)7-16(30)33-2/h3,5,9,11-12,14,24H,4,6-8,10H2,1-2H3,(H2,26,27,31). The fourth-order valence-corrected chi connectivity index (χ4v) is 3.75. The lowest BCUT2D eigenvalue weighted by atomic mass is 10.1. The molecule has 1 aliphatic heterocycles. The van der Waals surface area contributed by atoms with Gasteiger partial charge in [0.2, 0.25) is 0 Å². The average molecular weight is 470 g/mol. The van der Waals surface area contributed by atoms with Crippen molar-refractivity contribution in [1.29, 1.82) is 0 Å². The smallest absolute Gasteiger partial charge is 0.423 e. The van der Waals surface area contributed by atoms with Gasteiger partial charge in [0.25, 0.3) is 11.5 Å². The highest BCUT2D eigenvalue weighted by atomic mass is 19.4. The molecule has 0 spiro atoms. The number of ether oxygens (including phenoxy) is 1. The first-order valence-electron chi connectivity index (χ1n) is 10.3. The van der Waals surface area contributed by atoms with Gasteiger partial charge in [0.1, 0.15) is 5.56 Å². The van der Waals surface area contributed by atoms with Crippen LogP contribution < -0.4 is 16.2 Å². The van der Waals surface area contributed by atoms with Crippen molar-refractivity contribution in [2.75, 3.05) is 32.1 Å². The van der Waals surface area contributed by atoms with Gasteiger partial charge in [-0.1, -0.05) is 0 Å². The van der Waals surface area contributed by atoms with E-state index >= 15 is 0 Å². The number of H-pyrrole nitrogens is 1. The summed E-state index contributed by atoms with van der Waals surface area (Å²) in [4.78, 5) is 37.9. The quantitative estimate of drug-likeness (QED) is 0.518. The maximum atomic E-state index is 13.2. The van der Waals surface area contributed by atoms with Crippen molar-refractivity contribution < 1.29 is 27.5 Å². The summed E-state index contributed by atoms with van der Waals surface area (Å²) >= 11 is 0. The van der Waals surface area contributed by atoms with E-state index in [1.807, 2.05) is 0 Å². The van der Waals surface area contributed by atoms with Crippen LogP contribution in [0.3, 0.4) is 0 Å². The number of hydrogen-bond donors (Lipinski definition) is 3. The molecular formula is C20H25F3N6O4. The fourth-order valence-electron chi connectivity index (χ4n) is 3.75. The third-order valence-corrected chi connectivity index (χ3v) is 5.26. The first-order chi connectivity index (χ1) is 15.6. The first-order valence-corrected chi connectivity index (χ1v) is 10.3. The number of anilines is 1. The SMILES string of the molecule is COC(=O)CC1CNCCN1C(=O)c1ccn(CC(C)Nc2cn[nH]c(=O)c2C(F)(F)F)c1. The molecule has 1 saturated heterocycles. The Labute approximate surface area is 187 Å². The Morgan fingerprint density at radius 3 is 2.85 bits per heavy atom. The van der Waals surface area contributed by atoms with Gasteiger partial charge < -0.3 is 24.8 Å². The molecule has 13 heteroatoms. The van der Waals surface area contributed by atoms with E-state index in [0.29, 0.717) is 25.2 Å². The van der Waals surface area contributed by atoms with E-state index in [-0.39, 0.29) is 24.9 Å².